The lowest BCUT2D eigenvalue weighted by Crippen LogP contribution is -2.41. The zero-order valence-electron chi connectivity index (χ0n) is 16.5. The van der Waals surface area contributed by atoms with Gasteiger partial charge in [0.1, 0.15) is 5.52 Å². The smallest absolute Gasteiger partial charge is 0.274 e. The molecule has 0 aliphatic carbocycles. The number of hydrogen-bond acceptors (Lipinski definition) is 4. The zero-order chi connectivity index (χ0) is 20.4. The number of nitrogens with zero attached hydrogens (tertiary/aromatic N) is 3. The molecule has 7 nitrogen and oxygen atoms in total. The number of H-pyrrole nitrogens is 1. The Labute approximate surface area is 168 Å². The highest BCUT2D eigenvalue weighted by molar-refractivity contribution is 5.99. The van der Waals surface area contributed by atoms with E-state index >= 15 is 0 Å². The Kier molecular flexibility index (Phi) is 5.31. The molecule has 0 radical (unpaired) electrons. The number of allylic oxidation sites excluding steroid dienone is 1. The minimum atomic E-state index is -0.0692. The number of rotatable bonds is 5. The first-order chi connectivity index (χ1) is 14.1. The third-order valence-corrected chi connectivity index (χ3v) is 5.30. The summed E-state index contributed by atoms with van der Waals surface area (Å²) >= 11 is 0. The average molecular weight is 392 g/mol. The van der Waals surface area contributed by atoms with Crippen molar-refractivity contribution in [2.75, 3.05) is 26.3 Å². The Bertz CT molecular complexity index is 1120. The van der Waals surface area contributed by atoms with Gasteiger partial charge in [0.15, 0.2) is 0 Å². The molecule has 1 amide bonds. The van der Waals surface area contributed by atoms with Crippen molar-refractivity contribution < 1.29 is 9.53 Å². The van der Waals surface area contributed by atoms with Crippen molar-refractivity contribution in [3.05, 3.63) is 65.0 Å². The van der Waals surface area contributed by atoms with E-state index in [1.165, 1.54) is 0 Å². The summed E-state index contributed by atoms with van der Waals surface area (Å²) in [6, 6.07) is 3.76. The van der Waals surface area contributed by atoms with Crippen LogP contribution >= 0.6 is 0 Å². The van der Waals surface area contributed by atoms with Gasteiger partial charge in [0.05, 0.1) is 24.5 Å². The fourth-order valence-electron chi connectivity index (χ4n) is 3.66. The second kappa shape index (κ2) is 8.05. The number of aromatic nitrogens is 3. The fraction of sp³-hybridized carbons (Fsp3) is 0.318. The van der Waals surface area contributed by atoms with E-state index in [9.17, 15) is 9.59 Å². The van der Waals surface area contributed by atoms with E-state index in [1.807, 2.05) is 25.3 Å². The van der Waals surface area contributed by atoms with Crippen LogP contribution in [0.3, 0.4) is 0 Å². The van der Waals surface area contributed by atoms with Crippen LogP contribution in [-0.2, 0) is 11.3 Å². The molecule has 0 bridgehead atoms. The van der Waals surface area contributed by atoms with Crippen molar-refractivity contribution in [2.24, 2.45) is 0 Å². The fourth-order valence-corrected chi connectivity index (χ4v) is 3.66. The van der Waals surface area contributed by atoms with Crippen LogP contribution in [-0.4, -0.2) is 51.6 Å². The van der Waals surface area contributed by atoms with Crippen LogP contribution in [0.4, 0.5) is 0 Å². The van der Waals surface area contributed by atoms with E-state index in [0.717, 1.165) is 16.5 Å². The summed E-state index contributed by atoms with van der Waals surface area (Å²) in [5.41, 5.74) is 3.43. The first kappa shape index (κ1) is 19.1. The maximum absolute atomic E-state index is 13.0. The highest BCUT2D eigenvalue weighted by Gasteiger charge is 2.22. The number of ether oxygens (including phenoxy) is 1. The van der Waals surface area contributed by atoms with Crippen LogP contribution in [0, 0.1) is 6.92 Å². The molecule has 150 valence electrons. The number of amides is 1. The molecule has 1 N–H and O–H groups in total. The van der Waals surface area contributed by atoms with Crippen LogP contribution in [0.1, 0.15) is 22.5 Å². The van der Waals surface area contributed by atoms with Crippen molar-refractivity contribution in [1.29, 1.82) is 0 Å². The van der Waals surface area contributed by atoms with E-state index in [0.29, 0.717) is 56.0 Å². The Morgan fingerprint density at radius 1 is 1.38 bits per heavy atom. The SMILES string of the molecule is C=CCCn1cc(-c2cnc(C)c(C(=O)N3CCOCC3)c2)c2cc[nH]c2c1=O. The van der Waals surface area contributed by atoms with Gasteiger partial charge in [-0.05, 0) is 25.5 Å². The largest absolute Gasteiger partial charge is 0.378 e. The van der Waals surface area contributed by atoms with Crippen molar-refractivity contribution in [3.63, 3.8) is 0 Å². The van der Waals surface area contributed by atoms with E-state index in [-0.39, 0.29) is 11.5 Å². The van der Waals surface area contributed by atoms with Gasteiger partial charge in [-0.3, -0.25) is 14.6 Å². The zero-order valence-corrected chi connectivity index (χ0v) is 16.5. The maximum atomic E-state index is 13.0. The standard InChI is InChI=1S/C22H24N4O3/c1-3-4-7-26-14-19(17-5-6-23-20(17)22(26)28)16-12-18(15(2)24-13-16)21(27)25-8-10-29-11-9-25/h3,5-6,12-14,23H,1,4,7-11H2,2H3. The number of pyridine rings is 2. The summed E-state index contributed by atoms with van der Waals surface area (Å²) in [5.74, 6) is -0.0366. The van der Waals surface area contributed by atoms with Crippen molar-refractivity contribution in [3.8, 4) is 11.1 Å². The van der Waals surface area contributed by atoms with Gasteiger partial charge in [0, 0.05) is 54.7 Å². The van der Waals surface area contributed by atoms with Crippen LogP contribution in [0.5, 0.6) is 0 Å². The summed E-state index contributed by atoms with van der Waals surface area (Å²) in [6.45, 7) is 8.39. The topological polar surface area (TPSA) is 80.2 Å². The molecule has 0 aromatic carbocycles. The maximum Gasteiger partial charge on any atom is 0.274 e. The van der Waals surface area contributed by atoms with Crippen LogP contribution in [0.2, 0.25) is 0 Å². The van der Waals surface area contributed by atoms with Crippen LogP contribution in [0.15, 0.2) is 48.2 Å². The molecule has 3 aromatic rings. The van der Waals surface area contributed by atoms with Gasteiger partial charge in [0.2, 0.25) is 0 Å². The number of nitrogens with one attached hydrogen (secondary N) is 1. The Morgan fingerprint density at radius 2 is 2.17 bits per heavy atom. The molecule has 0 atom stereocenters. The van der Waals surface area contributed by atoms with Gasteiger partial charge in [-0.25, -0.2) is 0 Å². The molecule has 29 heavy (non-hydrogen) atoms. The normalized spacial score (nSPS) is 14.3. The number of fused-ring (bicyclic) bond motifs is 1. The van der Waals surface area contributed by atoms with Crippen LogP contribution in [0.25, 0.3) is 22.0 Å². The van der Waals surface area contributed by atoms with Gasteiger partial charge >= 0.3 is 0 Å². The molecular formula is C22H24N4O3. The van der Waals surface area contributed by atoms with Gasteiger partial charge in [0.25, 0.3) is 11.5 Å². The molecule has 1 aliphatic heterocycles. The molecule has 3 aromatic heterocycles. The summed E-state index contributed by atoms with van der Waals surface area (Å²) in [6.07, 6.45) is 7.84. The van der Waals surface area contributed by atoms with Crippen molar-refractivity contribution in [2.45, 2.75) is 19.9 Å². The first-order valence-corrected chi connectivity index (χ1v) is 9.75. The number of aromatic amines is 1. The van der Waals surface area contributed by atoms with Crippen molar-refractivity contribution in [1.82, 2.24) is 19.4 Å². The third-order valence-electron chi connectivity index (χ3n) is 5.30. The van der Waals surface area contributed by atoms with E-state index < -0.39 is 0 Å². The number of carbonyl (C=O) groups excluding carboxylic acids is 1. The lowest BCUT2D eigenvalue weighted by molar-refractivity contribution is 0.0302. The quantitative estimate of drug-likeness (QED) is 0.677. The first-order valence-electron chi connectivity index (χ1n) is 9.75. The van der Waals surface area contributed by atoms with Crippen molar-refractivity contribution >= 4 is 16.8 Å². The Morgan fingerprint density at radius 3 is 2.93 bits per heavy atom. The highest BCUT2D eigenvalue weighted by Crippen LogP contribution is 2.28. The van der Waals surface area contributed by atoms with Gasteiger partial charge in [-0.15, -0.1) is 6.58 Å². The second-order valence-electron chi connectivity index (χ2n) is 7.15. The summed E-state index contributed by atoms with van der Waals surface area (Å²) in [4.78, 5) is 35.1. The van der Waals surface area contributed by atoms with Gasteiger partial charge < -0.3 is 19.2 Å². The monoisotopic (exact) mass is 392 g/mol. The second-order valence-corrected chi connectivity index (χ2v) is 7.15. The number of hydrogen-bond donors (Lipinski definition) is 1. The Hall–Kier alpha value is -3.19. The predicted octanol–water partition coefficient (Wildman–Crippen LogP) is 2.75. The average Bonchev–Trinajstić information content (AvgIpc) is 3.24. The molecule has 0 spiro atoms. The molecule has 0 saturated carbocycles. The number of carbonyl (C=O) groups is 1. The molecule has 0 unspecified atom stereocenters. The molecule has 1 saturated heterocycles. The summed E-state index contributed by atoms with van der Waals surface area (Å²) in [7, 11) is 0. The number of morpholine rings is 1. The highest BCUT2D eigenvalue weighted by atomic mass is 16.5. The third kappa shape index (κ3) is 3.61. The molecular weight excluding hydrogens is 368 g/mol. The van der Waals surface area contributed by atoms with Gasteiger partial charge in [-0.1, -0.05) is 6.08 Å². The minimum absolute atomic E-state index is 0.0366. The molecule has 1 aliphatic rings. The molecule has 7 heteroatoms. The minimum Gasteiger partial charge on any atom is -0.378 e. The Balaban J connectivity index is 1.80. The lowest BCUT2D eigenvalue weighted by Gasteiger charge is -2.27. The molecule has 1 fully saturated rings. The summed E-state index contributed by atoms with van der Waals surface area (Å²) < 4.78 is 7.03. The van der Waals surface area contributed by atoms with Crippen LogP contribution < -0.4 is 5.56 Å². The molecule has 4 rings (SSSR count). The van der Waals surface area contributed by atoms with Gasteiger partial charge in [-0.2, -0.15) is 0 Å². The number of aryl methyl sites for hydroxylation is 2. The lowest BCUT2D eigenvalue weighted by atomic mass is 10.0. The van der Waals surface area contributed by atoms with E-state index in [2.05, 4.69) is 16.5 Å². The predicted molar refractivity (Wildman–Crippen MR) is 112 cm³/mol. The van der Waals surface area contributed by atoms with E-state index in [1.54, 1.807) is 27.9 Å². The summed E-state index contributed by atoms with van der Waals surface area (Å²) in [5, 5.41) is 0.820. The molecule has 4 heterocycles. The van der Waals surface area contributed by atoms with E-state index in [4.69, 9.17) is 4.74 Å².